The van der Waals surface area contributed by atoms with E-state index in [-0.39, 0.29) is 18.6 Å². The highest BCUT2D eigenvalue weighted by Crippen LogP contribution is 2.27. The van der Waals surface area contributed by atoms with Crippen molar-refractivity contribution in [3.8, 4) is 5.75 Å². The zero-order valence-corrected chi connectivity index (χ0v) is 16.7. The third kappa shape index (κ3) is 5.73. The predicted molar refractivity (Wildman–Crippen MR) is 102 cm³/mol. The average Bonchev–Trinajstić information content (AvgIpc) is 2.62. The number of esters is 1. The van der Waals surface area contributed by atoms with Crippen molar-refractivity contribution < 1.29 is 23.8 Å². The van der Waals surface area contributed by atoms with Gasteiger partial charge in [0.15, 0.2) is 0 Å². The molecule has 0 aliphatic rings. The quantitative estimate of drug-likeness (QED) is 0.630. The van der Waals surface area contributed by atoms with Gasteiger partial charge in [0, 0.05) is 12.8 Å². The van der Waals surface area contributed by atoms with Crippen LogP contribution in [0, 0.1) is 0 Å². The van der Waals surface area contributed by atoms with E-state index in [0.29, 0.717) is 23.4 Å². The van der Waals surface area contributed by atoms with Gasteiger partial charge in [-0.2, -0.15) is 0 Å². The third-order valence-electron chi connectivity index (χ3n) is 4.29. The Morgan fingerprint density at radius 1 is 1.23 bits per heavy atom. The average molecular weight is 365 g/mol. The van der Waals surface area contributed by atoms with Gasteiger partial charge in [0.25, 0.3) is 5.91 Å². The maximum Gasteiger partial charge on any atom is 0.341 e. The van der Waals surface area contributed by atoms with E-state index >= 15 is 0 Å². The van der Waals surface area contributed by atoms with Crippen LogP contribution in [0.5, 0.6) is 5.75 Å². The summed E-state index contributed by atoms with van der Waals surface area (Å²) in [6, 6.07) is 4.97. The molecule has 1 rings (SSSR count). The number of methoxy groups -OCH3 is 1. The maximum atomic E-state index is 12.6. The van der Waals surface area contributed by atoms with E-state index in [1.54, 1.807) is 32.0 Å². The van der Waals surface area contributed by atoms with Crippen molar-refractivity contribution in [1.29, 1.82) is 0 Å². The van der Waals surface area contributed by atoms with Crippen LogP contribution in [0.15, 0.2) is 18.2 Å². The first kappa shape index (κ1) is 22.0. The lowest BCUT2D eigenvalue weighted by Gasteiger charge is -2.26. The molecular formula is C20H31NO5. The SMILES string of the molecule is CCC[C@](C)(OC)C(=O)Nc1ccc(O[C@H](C)CC)c(C(=O)OCC)c1. The molecule has 0 unspecified atom stereocenters. The van der Waals surface area contributed by atoms with Crippen LogP contribution in [0.25, 0.3) is 0 Å². The number of ether oxygens (including phenoxy) is 3. The van der Waals surface area contributed by atoms with Gasteiger partial charge in [-0.15, -0.1) is 0 Å². The van der Waals surface area contributed by atoms with E-state index in [9.17, 15) is 9.59 Å². The van der Waals surface area contributed by atoms with Crippen LogP contribution in [0.3, 0.4) is 0 Å². The molecule has 1 amide bonds. The molecule has 0 fully saturated rings. The van der Waals surface area contributed by atoms with Gasteiger partial charge in [-0.25, -0.2) is 4.79 Å². The first-order chi connectivity index (χ1) is 12.3. The molecule has 0 heterocycles. The smallest absolute Gasteiger partial charge is 0.341 e. The fourth-order valence-corrected chi connectivity index (χ4v) is 2.43. The van der Waals surface area contributed by atoms with Gasteiger partial charge in [-0.3, -0.25) is 4.79 Å². The first-order valence-electron chi connectivity index (χ1n) is 9.15. The Labute approximate surface area is 156 Å². The molecular weight excluding hydrogens is 334 g/mol. The summed E-state index contributed by atoms with van der Waals surface area (Å²) >= 11 is 0. The molecule has 2 atom stereocenters. The Bertz CT molecular complexity index is 616. The summed E-state index contributed by atoms with van der Waals surface area (Å²) in [4.78, 5) is 24.9. The van der Waals surface area contributed by atoms with Crippen LogP contribution in [-0.4, -0.2) is 37.3 Å². The molecule has 26 heavy (non-hydrogen) atoms. The van der Waals surface area contributed by atoms with E-state index in [4.69, 9.17) is 14.2 Å². The highest BCUT2D eigenvalue weighted by atomic mass is 16.5. The molecule has 1 aromatic rings. The van der Waals surface area contributed by atoms with Crippen molar-refractivity contribution in [3.63, 3.8) is 0 Å². The second-order valence-corrected chi connectivity index (χ2v) is 6.41. The Morgan fingerprint density at radius 3 is 2.46 bits per heavy atom. The maximum absolute atomic E-state index is 12.6. The van der Waals surface area contributed by atoms with Gasteiger partial charge < -0.3 is 19.5 Å². The van der Waals surface area contributed by atoms with Crippen molar-refractivity contribution in [2.24, 2.45) is 0 Å². The van der Waals surface area contributed by atoms with Gasteiger partial charge in [-0.1, -0.05) is 20.3 Å². The highest BCUT2D eigenvalue weighted by Gasteiger charge is 2.32. The second-order valence-electron chi connectivity index (χ2n) is 6.41. The monoisotopic (exact) mass is 365 g/mol. The van der Waals surface area contributed by atoms with Crippen molar-refractivity contribution >= 4 is 17.6 Å². The van der Waals surface area contributed by atoms with E-state index in [1.165, 1.54) is 7.11 Å². The molecule has 0 saturated carbocycles. The summed E-state index contributed by atoms with van der Waals surface area (Å²) in [5.74, 6) is -0.295. The van der Waals surface area contributed by atoms with Crippen LogP contribution < -0.4 is 10.1 Å². The van der Waals surface area contributed by atoms with Gasteiger partial charge >= 0.3 is 5.97 Å². The number of benzene rings is 1. The summed E-state index contributed by atoms with van der Waals surface area (Å²) in [6.07, 6.45) is 2.18. The number of nitrogens with one attached hydrogen (secondary N) is 1. The Kier molecular flexibility index (Phi) is 8.58. The molecule has 0 aliphatic heterocycles. The van der Waals surface area contributed by atoms with E-state index in [1.807, 2.05) is 20.8 Å². The summed E-state index contributed by atoms with van der Waals surface area (Å²) in [5, 5.41) is 2.82. The molecule has 0 spiro atoms. The summed E-state index contributed by atoms with van der Waals surface area (Å²) in [7, 11) is 1.52. The minimum atomic E-state index is -0.926. The van der Waals surface area contributed by atoms with E-state index in [2.05, 4.69) is 5.32 Å². The lowest BCUT2D eigenvalue weighted by atomic mass is 9.99. The molecule has 0 saturated heterocycles. The van der Waals surface area contributed by atoms with Gasteiger partial charge in [0.05, 0.1) is 12.7 Å². The summed E-state index contributed by atoms with van der Waals surface area (Å²) in [6.45, 7) is 9.68. The van der Waals surface area contributed by atoms with Gasteiger partial charge in [0.2, 0.25) is 0 Å². The molecule has 0 bridgehead atoms. The fourth-order valence-electron chi connectivity index (χ4n) is 2.43. The number of hydrogen-bond donors (Lipinski definition) is 1. The number of carbonyl (C=O) groups is 2. The molecule has 0 aliphatic carbocycles. The highest BCUT2D eigenvalue weighted by molar-refractivity contribution is 5.99. The van der Waals surface area contributed by atoms with Crippen molar-refractivity contribution in [2.45, 2.75) is 65.6 Å². The number of hydrogen-bond acceptors (Lipinski definition) is 5. The van der Waals surface area contributed by atoms with Crippen LogP contribution in [0.2, 0.25) is 0 Å². The minimum absolute atomic E-state index is 0.0371. The molecule has 0 aromatic heterocycles. The van der Waals surface area contributed by atoms with Crippen molar-refractivity contribution in [3.05, 3.63) is 23.8 Å². The summed E-state index contributed by atoms with van der Waals surface area (Å²) in [5.41, 5.74) is -0.140. The molecule has 6 nitrogen and oxygen atoms in total. The Balaban J connectivity index is 3.12. The third-order valence-corrected chi connectivity index (χ3v) is 4.29. The van der Waals surface area contributed by atoms with Crippen molar-refractivity contribution in [1.82, 2.24) is 0 Å². The second kappa shape index (κ2) is 10.2. The lowest BCUT2D eigenvalue weighted by molar-refractivity contribution is -0.136. The van der Waals surface area contributed by atoms with Crippen molar-refractivity contribution in [2.75, 3.05) is 19.0 Å². The molecule has 0 radical (unpaired) electrons. The van der Waals surface area contributed by atoms with Crippen LogP contribution in [0.4, 0.5) is 5.69 Å². The van der Waals surface area contributed by atoms with Crippen LogP contribution in [-0.2, 0) is 14.3 Å². The zero-order valence-electron chi connectivity index (χ0n) is 16.7. The Morgan fingerprint density at radius 2 is 1.92 bits per heavy atom. The van der Waals surface area contributed by atoms with E-state index in [0.717, 1.165) is 12.8 Å². The van der Waals surface area contributed by atoms with Gasteiger partial charge in [-0.05, 0) is 51.8 Å². The Hall–Kier alpha value is -2.08. The van der Waals surface area contributed by atoms with Crippen LogP contribution in [0.1, 0.15) is 64.2 Å². The minimum Gasteiger partial charge on any atom is -0.490 e. The van der Waals surface area contributed by atoms with Crippen LogP contribution >= 0.6 is 0 Å². The normalized spacial score (nSPS) is 14.2. The molecule has 1 N–H and O–H groups in total. The predicted octanol–water partition coefficient (Wildman–Crippen LogP) is 4.18. The number of anilines is 1. The molecule has 146 valence electrons. The molecule has 6 heteroatoms. The number of carbonyl (C=O) groups excluding carboxylic acids is 2. The first-order valence-corrected chi connectivity index (χ1v) is 9.15. The number of amides is 1. The largest absolute Gasteiger partial charge is 0.490 e. The lowest BCUT2D eigenvalue weighted by Crippen LogP contribution is -2.41. The molecule has 1 aromatic carbocycles. The summed E-state index contributed by atoms with van der Waals surface area (Å²) < 4.78 is 16.3. The topological polar surface area (TPSA) is 73.9 Å². The zero-order chi connectivity index (χ0) is 19.7. The number of rotatable bonds is 10. The van der Waals surface area contributed by atoms with E-state index < -0.39 is 11.6 Å². The van der Waals surface area contributed by atoms with Gasteiger partial charge in [0.1, 0.15) is 16.9 Å². The standard InChI is InChI=1S/C20H31NO5/c1-7-12-20(5,24-6)19(23)21-15-10-11-17(26-14(4)8-2)16(13-15)18(22)25-9-3/h10-11,13-14H,7-9,12H2,1-6H3,(H,21,23)/t14-,20+/m1/s1. The fraction of sp³-hybridized carbons (Fsp3) is 0.600.